The molecule has 1 aromatic heterocycles. The first-order chi connectivity index (χ1) is 21.2. The smallest absolute Gasteiger partial charge is 0.0719 e. The average molecular weight is 553 g/mol. The van der Waals surface area contributed by atoms with Crippen molar-refractivity contribution in [2.45, 2.75) is 19.8 Å². The molecule has 0 saturated heterocycles. The number of hydrogen-bond donors (Lipinski definition) is 1. The van der Waals surface area contributed by atoms with Crippen LogP contribution in [0.3, 0.4) is 0 Å². The van der Waals surface area contributed by atoms with Crippen LogP contribution in [0, 0.1) is 6.92 Å². The summed E-state index contributed by atoms with van der Waals surface area (Å²) < 4.78 is 0. The number of aryl methyl sites for hydroxylation is 2. The standard InChI is InChI=1S/C41H32N2/c1-27-20-21-43-39(22-27)34-24-33(25-42-26-34)29-14-17-30(18-15-29)40-35-10-4-6-12-37(35)41(38-13-7-5-11-36(38)40)32-19-16-28-8-2-3-9-31(28)23-32/h2,4-8,10-24,26,42H,3,9,25H2,1H3. The average Bonchev–Trinajstić information content (AvgIpc) is 3.07. The van der Waals surface area contributed by atoms with Gasteiger partial charge in [0.2, 0.25) is 0 Å². The molecule has 1 aliphatic heterocycles. The summed E-state index contributed by atoms with van der Waals surface area (Å²) in [5.41, 5.74) is 13.7. The lowest BCUT2D eigenvalue weighted by Crippen LogP contribution is -2.14. The number of pyridine rings is 1. The van der Waals surface area contributed by atoms with Crippen molar-refractivity contribution in [2.75, 3.05) is 6.54 Å². The summed E-state index contributed by atoms with van der Waals surface area (Å²) in [5.74, 6) is 0. The summed E-state index contributed by atoms with van der Waals surface area (Å²) in [6.45, 7) is 2.90. The molecular formula is C41H32N2. The molecule has 0 unspecified atom stereocenters. The molecule has 43 heavy (non-hydrogen) atoms. The van der Waals surface area contributed by atoms with Gasteiger partial charge in [-0.25, -0.2) is 0 Å². The number of aromatic nitrogens is 1. The van der Waals surface area contributed by atoms with Crippen LogP contribution in [0.25, 0.3) is 61.0 Å². The van der Waals surface area contributed by atoms with Gasteiger partial charge in [-0.3, -0.25) is 4.98 Å². The lowest BCUT2D eigenvalue weighted by atomic mass is 9.84. The number of dihydropyridines is 1. The topological polar surface area (TPSA) is 24.9 Å². The van der Waals surface area contributed by atoms with Crippen molar-refractivity contribution < 1.29 is 0 Å². The number of fused-ring (bicyclic) bond motifs is 3. The Labute approximate surface area is 252 Å². The highest BCUT2D eigenvalue weighted by atomic mass is 14.8. The van der Waals surface area contributed by atoms with Crippen LogP contribution >= 0.6 is 0 Å². The highest BCUT2D eigenvalue weighted by molar-refractivity contribution is 6.21. The van der Waals surface area contributed by atoms with Crippen LogP contribution < -0.4 is 5.32 Å². The van der Waals surface area contributed by atoms with Crippen molar-refractivity contribution in [1.82, 2.24) is 10.3 Å². The summed E-state index contributed by atoms with van der Waals surface area (Å²) in [4.78, 5) is 4.60. The maximum Gasteiger partial charge on any atom is 0.0719 e. The molecule has 0 radical (unpaired) electrons. The van der Waals surface area contributed by atoms with Gasteiger partial charge in [0.05, 0.1) is 5.69 Å². The van der Waals surface area contributed by atoms with Crippen molar-refractivity contribution in [3.8, 4) is 22.3 Å². The lowest BCUT2D eigenvalue weighted by Gasteiger charge is -2.20. The first-order valence-corrected chi connectivity index (χ1v) is 15.1. The molecule has 8 rings (SSSR count). The Kier molecular flexibility index (Phi) is 6.26. The normalized spacial score (nSPS) is 14.3. The fourth-order valence-corrected chi connectivity index (χ4v) is 6.77. The molecule has 0 bridgehead atoms. The number of hydrogen-bond acceptors (Lipinski definition) is 2. The van der Waals surface area contributed by atoms with E-state index in [2.05, 4.69) is 139 Å². The van der Waals surface area contributed by atoms with E-state index in [0.29, 0.717) is 0 Å². The van der Waals surface area contributed by atoms with Crippen LogP contribution in [0.4, 0.5) is 0 Å². The molecule has 5 aromatic carbocycles. The largest absolute Gasteiger partial charge is 0.386 e. The zero-order valence-corrected chi connectivity index (χ0v) is 24.3. The van der Waals surface area contributed by atoms with E-state index in [1.54, 1.807) is 0 Å². The molecule has 2 heteroatoms. The van der Waals surface area contributed by atoms with Gasteiger partial charge in [0.15, 0.2) is 0 Å². The summed E-state index contributed by atoms with van der Waals surface area (Å²) in [6.07, 6.45) is 13.0. The monoisotopic (exact) mass is 552 g/mol. The van der Waals surface area contributed by atoms with Gasteiger partial charge in [0, 0.05) is 24.5 Å². The number of nitrogens with one attached hydrogen (secondary N) is 1. The van der Waals surface area contributed by atoms with Crippen molar-refractivity contribution in [3.05, 3.63) is 156 Å². The van der Waals surface area contributed by atoms with Crippen molar-refractivity contribution >= 4 is 38.8 Å². The number of allylic oxidation sites excluding steroid dienone is 3. The van der Waals surface area contributed by atoms with E-state index in [-0.39, 0.29) is 0 Å². The van der Waals surface area contributed by atoms with Gasteiger partial charge in [0.25, 0.3) is 0 Å². The Morgan fingerprint density at radius 2 is 1.33 bits per heavy atom. The fraction of sp³-hybridized carbons (Fsp3) is 0.0976. The maximum atomic E-state index is 4.60. The first-order valence-electron chi connectivity index (χ1n) is 15.1. The first kappa shape index (κ1) is 25.5. The molecule has 2 nitrogen and oxygen atoms in total. The van der Waals surface area contributed by atoms with Crippen LogP contribution in [0.2, 0.25) is 0 Å². The van der Waals surface area contributed by atoms with Gasteiger partial charge in [-0.1, -0.05) is 103 Å². The summed E-state index contributed by atoms with van der Waals surface area (Å²) >= 11 is 0. The van der Waals surface area contributed by atoms with Gasteiger partial charge in [0.1, 0.15) is 0 Å². The Morgan fingerprint density at radius 1 is 0.674 bits per heavy atom. The molecule has 2 heterocycles. The van der Waals surface area contributed by atoms with Gasteiger partial charge >= 0.3 is 0 Å². The molecular weight excluding hydrogens is 520 g/mol. The predicted molar refractivity (Wildman–Crippen MR) is 183 cm³/mol. The molecule has 6 aromatic rings. The van der Waals surface area contributed by atoms with Crippen LogP contribution in [0.1, 0.15) is 34.4 Å². The summed E-state index contributed by atoms with van der Waals surface area (Å²) in [6, 6.07) is 38.1. The third-order valence-corrected chi connectivity index (χ3v) is 8.88. The predicted octanol–water partition coefficient (Wildman–Crippen LogP) is 10.0. The second-order valence-corrected chi connectivity index (χ2v) is 11.6. The fourth-order valence-electron chi connectivity index (χ4n) is 6.77. The number of rotatable bonds is 4. The number of benzene rings is 5. The molecule has 1 N–H and O–H groups in total. The summed E-state index contributed by atoms with van der Waals surface area (Å²) in [5, 5.41) is 8.63. The van der Waals surface area contributed by atoms with E-state index < -0.39 is 0 Å². The molecule has 2 aliphatic rings. The van der Waals surface area contributed by atoms with Crippen LogP contribution in [0.5, 0.6) is 0 Å². The molecule has 1 aliphatic carbocycles. The number of nitrogens with zero attached hydrogens (tertiary/aromatic N) is 1. The zero-order chi connectivity index (χ0) is 28.8. The third kappa shape index (κ3) is 4.56. The highest BCUT2D eigenvalue weighted by Crippen LogP contribution is 2.44. The summed E-state index contributed by atoms with van der Waals surface area (Å²) in [7, 11) is 0. The van der Waals surface area contributed by atoms with E-state index in [0.717, 1.165) is 30.7 Å². The Morgan fingerprint density at radius 3 is 2.02 bits per heavy atom. The maximum absolute atomic E-state index is 4.60. The van der Waals surface area contributed by atoms with Crippen LogP contribution in [-0.4, -0.2) is 11.5 Å². The van der Waals surface area contributed by atoms with Crippen molar-refractivity contribution in [1.29, 1.82) is 0 Å². The second-order valence-electron chi connectivity index (χ2n) is 11.6. The minimum atomic E-state index is 0.797. The van der Waals surface area contributed by atoms with Gasteiger partial charge in [-0.05, 0) is 110 Å². The van der Waals surface area contributed by atoms with E-state index in [1.807, 2.05) is 12.3 Å². The minimum Gasteiger partial charge on any atom is -0.386 e. The van der Waals surface area contributed by atoms with Gasteiger partial charge in [-0.15, -0.1) is 0 Å². The van der Waals surface area contributed by atoms with Crippen molar-refractivity contribution in [3.63, 3.8) is 0 Å². The zero-order valence-electron chi connectivity index (χ0n) is 24.3. The van der Waals surface area contributed by atoms with E-state index >= 15 is 0 Å². The molecule has 0 saturated carbocycles. The quantitative estimate of drug-likeness (QED) is 0.220. The molecule has 0 spiro atoms. The molecule has 0 atom stereocenters. The van der Waals surface area contributed by atoms with E-state index in [9.17, 15) is 0 Å². The van der Waals surface area contributed by atoms with Crippen LogP contribution in [0.15, 0.2) is 128 Å². The Balaban J connectivity index is 1.25. The minimum absolute atomic E-state index is 0.797. The van der Waals surface area contributed by atoms with E-state index in [1.165, 1.54) is 71.6 Å². The van der Waals surface area contributed by atoms with Crippen LogP contribution in [-0.2, 0) is 6.42 Å². The highest BCUT2D eigenvalue weighted by Gasteiger charge is 2.18. The Bertz CT molecular complexity index is 2070. The van der Waals surface area contributed by atoms with Gasteiger partial charge < -0.3 is 5.32 Å². The molecule has 0 amide bonds. The third-order valence-electron chi connectivity index (χ3n) is 8.88. The van der Waals surface area contributed by atoms with Gasteiger partial charge in [-0.2, -0.15) is 0 Å². The second kappa shape index (κ2) is 10.6. The van der Waals surface area contributed by atoms with Crippen molar-refractivity contribution in [2.24, 2.45) is 0 Å². The lowest BCUT2D eigenvalue weighted by molar-refractivity contribution is 0.986. The van der Waals surface area contributed by atoms with E-state index in [4.69, 9.17) is 0 Å². The SMILES string of the molecule is Cc1ccnc(C2=CNCC(c3ccc(-c4c5ccccc5c(-c5ccc6c(c5)CCC=C6)c5ccccc45)cc3)=C2)c1. The molecule has 206 valence electrons. The Hall–Kier alpha value is -5.21. The molecule has 0 fully saturated rings.